The first kappa shape index (κ1) is 19.8. The lowest BCUT2D eigenvalue weighted by Crippen LogP contribution is -2.46. The van der Waals surface area contributed by atoms with E-state index >= 15 is 0 Å². The normalized spacial score (nSPS) is 23.0. The van der Waals surface area contributed by atoms with E-state index in [9.17, 15) is 0 Å². The zero-order valence-electron chi connectivity index (χ0n) is 18.4. The van der Waals surface area contributed by atoms with Crippen molar-refractivity contribution in [1.82, 2.24) is 25.1 Å². The van der Waals surface area contributed by atoms with E-state index in [0.717, 1.165) is 68.2 Å². The lowest BCUT2D eigenvalue weighted by atomic mass is 9.89. The highest BCUT2D eigenvalue weighted by molar-refractivity contribution is 5.86. The largest absolute Gasteiger partial charge is 0.421 e. The molecule has 1 saturated heterocycles. The molecule has 3 aliphatic rings. The molecule has 3 aromatic rings. The van der Waals surface area contributed by atoms with Gasteiger partial charge >= 0.3 is 0 Å². The standard InChI is InChI=1S/C24H28N6O2/c1-15-28-29-24(32-15)17-3-2-16-13-21-22(20(16)12-17)23(26-14-25-21)27-18-4-6-19(7-5-18)30-8-10-31-11-9-30/h2-3,12,14,18-19H,4-11,13H2,1H3,(H,25,26,27). The van der Waals surface area contributed by atoms with Gasteiger partial charge in [0.05, 0.1) is 18.9 Å². The third-order valence-corrected chi connectivity index (χ3v) is 7.04. The molecule has 2 fully saturated rings. The fourth-order valence-corrected chi connectivity index (χ4v) is 5.36. The second-order valence-corrected chi connectivity index (χ2v) is 9.02. The summed E-state index contributed by atoms with van der Waals surface area (Å²) < 4.78 is 11.2. The number of fused-ring (bicyclic) bond motifs is 3. The zero-order valence-corrected chi connectivity index (χ0v) is 18.4. The number of benzene rings is 1. The molecule has 8 nitrogen and oxygen atoms in total. The Kier molecular flexibility index (Phi) is 5.11. The van der Waals surface area contributed by atoms with Crippen molar-refractivity contribution in [2.24, 2.45) is 0 Å². The van der Waals surface area contributed by atoms with Crippen LogP contribution in [-0.4, -0.2) is 63.5 Å². The van der Waals surface area contributed by atoms with E-state index in [-0.39, 0.29) is 0 Å². The van der Waals surface area contributed by atoms with Gasteiger partial charge in [0.25, 0.3) is 0 Å². The molecule has 2 aliphatic carbocycles. The smallest absolute Gasteiger partial charge is 0.247 e. The first-order valence-electron chi connectivity index (χ1n) is 11.6. The molecule has 0 amide bonds. The Balaban J connectivity index is 1.22. The van der Waals surface area contributed by atoms with Crippen molar-refractivity contribution in [3.8, 4) is 22.6 Å². The van der Waals surface area contributed by atoms with Gasteiger partial charge in [-0.25, -0.2) is 9.97 Å². The van der Waals surface area contributed by atoms with Crippen LogP contribution in [0.4, 0.5) is 5.82 Å². The van der Waals surface area contributed by atoms with Crippen molar-refractivity contribution in [2.75, 3.05) is 31.6 Å². The van der Waals surface area contributed by atoms with Gasteiger partial charge in [0, 0.05) is 49.6 Å². The number of anilines is 1. The van der Waals surface area contributed by atoms with Crippen LogP contribution in [0.3, 0.4) is 0 Å². The molecular weight excluding hydrogens is 404 g/mol. The Morgan fingerprint density at radius 2 is 1.88 bits per heavy atom. The number of hydrogen-bond acceptors (Lipinski definition) is 8. The molecule has 32 heavy (non-hydrogen) atoms. The van der Waals surface area contributed by atoms with E-state index in [0.29, 0.717) is 23.9 Å². The summed E-state index contributed by atoms with van der Waals surface area (Å²) in [6.45, 7) is 5.69. The van der Waals surface area contributed by atoms with Crippen LogP contribution in [0.25, 0.3) is 22.6 Å². The number of aryl methyl sites for hydroxylation is 1. The highest BCUT2D eigenvalue weighted by atomic mass is 16.5. The average molecular weight is 433 g/mol. The van der Waals surface area contributed by atoms with Gasteiger partial charge in [-0.3, -0.25) is 4.90 Å². The summed E-state index contributed by atoms with van der Waals surface area (Å²) in [7, 11) is 0. The molecule has 0 atom stereocenters. The van der Waals surface area contributed by atoms with E-state index in [1.165, 1.54) is 24.0 Å². The molecule has 6 rings (SSSR count). The van der Waals surface area contributed by atoms with Crippen molar-refractivity contribution in [1.29, 1.82) is 0 Å². The first-order valence-corrected chi connectivity index (χ1v) is 11.6. The van der Waals surface area contributed by atoms with Crippen LogP contribution in [-0.2, 0) is 11.2 Å². The summed E-state index contributed by atoms with van der Waals surface area (Å²) in [6.07, 6.45) is 7.29. The van der Waals surface area contributed by atoms with Crippen molar-refractivity contribution >= 4 is 5.82 Å². The predicted molar refractivity (Wildman–Crippen MR) is 120 cm³/mol. The molecule has 0 spiro atoms. The minimum Gasteiger partial charge on any atom is -0.421 e. The molecule has 166 valence electrons. The monoisotopic (exact) mass is 432 g/mol. The van der Waals surface area contributed by atoms with E-state index in [1.54, 1.807) is 6.33 Å². The van der Waals surface area contributed by atoms with Crippen LogP contribution in [0.5, 0.6) is 0 Å². The number of nitrogens with one attached hydrogen (secondary N) is 1. The maximum absolute atomic E-state index is 5.65. The fourth-order valence-electron chi connectivity index (χ4n) is 5.36. The number of morpholine rings is 1. The number of ether oxygens (including phenoxy) is 1. The predicted octanol–water partition coefficient (Wildman–Crippen LogP) is 3.46. The highest BCUT2D eigenvalue weighted by Crippen LogP contribution is 2.42. The van der Waals surface area contributed by atoms with Gasteiger partial charge in [-0.1, -0.05) is 6.07 Å². The summed E-state index contributed by atoms with van der Waals surface area (Å²) >= 11 is 0. The zero-order chi connectivity index (χ0) is 21.5. The molecule has 2 aromatic heterocycles. The molecular formula is C24H28N6O2. The second-order valence-electron chi connectivity index (χ2n) is 9.02. The lowest BCUT2D eigenvalue weighted by molar-refractivity contribution is 0.00791. The van der Waals surface area contributed by atoms with Crippen LogP contribution in [0.2, 0.25) is 0 Å². The minimum atomic E-state index is 0.442. The maximum atomic E-state index is 5.65. The molecule has 3 heterocycles. The molecule has 8 heteroatoms. The van der Waals surface area contributed by atoms with Gasteiger partial charge in [-0.05, 0) is 48.9 Å². The van der Waals surface area contributed by atoms with E-state index in [1.807, 2.05) is 13.0 Å². The quantitative estimate of drug-likeness (QED) is 0.524. The summed E-state index contributed by atoms with van der Waals surface area (Å²) in [4.78, 5) is 11.9. The Labute approximate surface area is 187 Å². The molecule has 0 bridgehead atoms. The van der Waals surface area contributed by atoms with Gasteiger partial charge in [0.2, 0.25) is 11.8 Å². The summed E-state index contributed by atoms with van der Waals surface area (Å²) in [5.41, 5.74) is 5.56. The summed E-state index contributed by atoms with van der Waals surface area (Å²) in [6, 6.07) is 7.46. The van der Waals surface area contributed by atoms with Crippen molar-refractivity contribution in [2.45, 2.75) is 51.1 Å². The number of rotatable bonds is 4. The second kappa shape index (κ2) is 8.26. The fraction of sp³-hybridized carbons (Fsp3) is 0.500. The summed E-state index contributed by atoms with van der Waals surface area (Å²) in [5.74, 6) is 2.06. The first-order chi connectivity index (χ1) is 15.7. The van der Waals surface area contributed by atoms with Crippen LogP contribution < -0.4 is 5.32 Å². The topological polar surface area (TPSA) is 89.2 Å². The third kappa shape index (κ3) is 3.67. The Hall–Kier alpha value is -2.84. The van der Waals surface area contributed by atoms with Gasteiger partial charge in [-0.2, -0.15) is 0 Å². The van der Waals surface area contributed by atoms with Gasteiger partial charge < -0.3 is 14.5 Å². The SMILES string of the molecule is Cc1nnc(-c2ccc3c(c2)-c2c(ncnc2NC2CCC(N4CCOCC4)CC2)C3)o1. The third-order valence-electron chi connectivity index (χ3n) is 7.04. The molecule has 0 unspecified atom stereocenters. The number of hydrogen-bond donors (Lipinski definition) is 1. The van der Waals surface area contributed by atoms with Crippen LogP contribution in [0, 0.1) is 6.92 Å². The van der Waals surface area contributed by atoms with Crippen molar-refractivity contribution < 1.29 is 9.15 Å². The summed E-state index contributed by atoms with van der Waals surface area (Å²) in [5, 5.41) is 11.9. The van der Waals surface area contributed by atoms with Gasteiger partial charge in [-0.15, -0.1) is 10.2 Å². The Morgan fingerprint density at radius 1 is 1.03 bits per heavy atom. The van der Waals surface area contributed by atoms with E-state index < -0.39 is 0 Å². The Morgan fingerprint density at radius 3 is 2.66 bits per heavy atom. The van der Waals surface area contributed by atoms with Gasteiger partial charge in [0.15, 0.2) is 0 Å². The minimum absolute atomic E-state index is 0.442. The van der Waals surface area contributed by atoms with E-state index in [4.69, 9.17) is 9.15 Å². The Bertz CT molecular complexity index is 1120. The van der Waals surface area contributed by atoms with Crippen LogP contribution >= 0.6 is 0 Å². The van der Waals surface area contributed by atoms with E-state index in [2.05, 4.69) is 42.5 Å². The van der Waals surface area contributed by atoms with Crippen molar-refractivity contribution in [3.05, 3.63) is 41.7 Å². The molecule has 1 N–H and O–H groups in total. The number of nitrogens with zero attached hydrogens (tertiary/aromatic N) is 5. The maximum Gasteiger partial charge on any atom is 0.247 e. The molecule has 1 saturated carbocycles. The number of aromatic nitrogens is 4. The lowest BCUT2D eigenvalue weighted by Gasteiger charge is -2.39. The highest BCUT2D eigenvalue weighted by Gasteiger charge is 2.29. The molecule has 0 radical (unpaired) electrons. The van der Waals surface area contributed by atoms with Crippen LogP contribution in [0.15, 0.2) is 28.9 Å². The average Bonchev–Trinajstić information content (AvgIpc) is 3.43. The van der Waals surface area contributed by atoms with Gasteiger partial charge in [0.1, 0.15) is 12.1 Å². The molecule has 1 aliphatic heterocycles. The molecule has 1 aromatic carbocycles. The van der Waals surface area contributed by atoms with Crippen LogP contribution in [0.1, 0.15) is 42.8 Å². The van der Waals surface area contributed by atoms with Crippen molar-refractivity contribution in [3.63, 3.8) is 0 Å².